The third-order valence-electron chi connectivity index (χ3n) is 2.22. The summed E-state index contributed by atoms with van der Waals surface area (Å²) in [6.45, 7) is 0.150. The molecule has 0 saturated heterocycles. The zero-order valence-electron chi connectivity index (χ0n) is 9.56. The van der Waals surface area contributed by atoms with E-state index in [1.165, 1.54) is 11.9 Å². The Morgan fingerprint density at radius 2 is 1.82 bits per heavy atom. The summed E-state index contributed by atoms with van der Waals surface area (Å²) in [7, 11) is 3.11. The van der Waals surface area contributed by atoms with Crippen LogP contribution in [0.25, 0.3) is 0 Å². The fourth-order valence-electron chi connectivity index (χ4n) is 1.35. The Balaban J connectivity index is 2.78. The number of benzene rings is 1. The highest BCUT2D eigenvalue weighted by molar-refractivity contribution is 5.77. The first-order valence-electron chi connectivity index (χ1n) is 4.97. The maximum absolute atomic E-state index is 12.9. The van der Waals surface area contributed by atoms with Crippen LogP contribution >= 0.6 is 0 Å². The molecule has 1 N–H and O–H groups in total. The molecule has 0 aliphatic heterocycles. The van der Waals surface area contributed by atoms with Crippen LogP contribution in [0.5, 0.6) is 0 Å². The molecule has 1 amide bonds. The van der Waals surface area contributed by atoms with E-state index in [1.54, 1.807) is 7.05 Å². The minimum Gasteiger partial charge on any atom is -0.340 e. The summed E-state index contributed by atoms with van der Waals surface area (Å²) in [4.78, 5) is 12.7. The summed E-state index contributed by atoms with van der Waals surface area (Å²) in [5, 5.41) is 2.67. The predicted molar refractivity (Wildman–Crippen MR) is 56.7 cm³/mol. The van der Waals surface area contributed by atoms with Crippen molar-refractivity contribution < 1.29 is 18.0 Å². The molecule has 0 aromatic heterocycles. The van der Waals surface area contributed by atoms with Crippen molar-refractivity contribution in [3.8, 4) is 0 Å². The largest absolute Gasteiger partial charge is 0.340 e. The van der Waals surface area contributed by atoms with Gasteiger partial charge in [0, 0.05) is 13.6 Å². The summed E-state index contributed by atoms with van der Waals surface area (Å²) >= 11 is 0. The average Bonchev–Trinajstić information content (AvgIpc) is 2.26. The highest BCUT2D eigenvalue weighted by atomic mass is 19.2. The molecule has 0 aliphatic rings. The van der Waals surface area contributed by atoms with Crippen molar-refractivity contribution >= 4 is 5.91 Å². The van der Waals surface area contributed by atoms with Crippen LogP contribution in [0.15, 0.2) is 12.1 Å². The van der Waals surface area contributed by atoms with Crippen LogP contribution < -0.4 is 5.32 Å². The smallest absolute Gasteiger partial charge is 0.236 e. The van der Waals surface area contributed by atoms with Crippen molar-refractivity contribution in [2.45, 2.75) is 6.54 Å². The van der Waals surface area contributed by atoms with Crippen molar-refractivity contribution in [1.82, 2.24) is 10.2 Å². The lowest BCUT2D eigenvalue weighted by atomic mass is 10.2. The fourth-order valence-corrected chi connectivity index (χ4v) is 1.35. The fraction of sp³-hybridized carbons (Fsp3) is 0.364. The van der Waals surface area contributed by atoms with Crippen molar-refractivity contribution in [1.29, 1.82) is 0 Å². The maximum Gasteiger partial charge on any atom is 0.236 e. The van der Waals surface area contributed by atoms with Crippen molar-refractivity contribution in [2.24, 2.45) is 0 Å². The van der Waals surface area contributed by atoms with Gasteiger partial charge in [-0.1, -0.05) is 0 Å². The van der Waals surface area contributed by atoms with Gasteiger partial charge < -0.3 is 10.2 Å². The molecule has 0 fully saturated rings. The summed E-state index contributed by atoms with van der Waals surface area (Å²) in [6.07, 6.45) is 0. The number of rotatable bonds is 4. The molecule has 0 bridgehead atoms. The third-order valence-corrected chi connectivity index (χ3v) is 2.22. The highest BCUT2D eigenvalue weighted by Gasteiger charge is 2.13. The molecule has 0 unspecified atom stereocenters. The molecule has 0 atom stereocenters. The zero-order valence-corrected chi connectivity index (χ0v) is 9.56. The van der Waals surface area contributed by atoms with Gasteiger partial charge in [0.2, 0.25) is 5.91 Å². The number of hydrogen-bond donors (Lipinski definition) is 1. The number of amides is 1. The second-order valence-electron chi connectivity index (χ2n) is 3.65. The lowest BCUT2D eigenvalue weighted by Gasteiger charge is -2.17. The van der Waals surface area contributed by atoms with Gasteiger partial charge in [0.1, 0.15) is 0 Å². The Hall–Kier alpha value is -1.56. The van der Waals surface area contributed by atoms with E-state index in [4.69, 9.17) is 0 Å². The Morgan fingerprint density at radius 1 is 1.29 bits per heavy atom. The van der Waals surface area contributed by atoms with E-state index < -0.39 is 17.5 Å². The zero-order chi connectivity index (χ0) is 13.0. The van der Waals surface area contributed by atoms with Gasteiger partial charge in [0.15, 0.2) is 17.5 Å². The number of halogens is 3. The Kier molecular flexibility index (Phi) is 4.51. The number of hydrogen-bond acceptors (Lipinski definition) is 2. The van der Waals surface area contributed by atoms with Crippen molar-refractivity contribution in [3.05, 3.63) is 35.1 Å². The molecule has 0 heterocycles. The molecule has 6 heteroatoms. The molecule has 1 rings (SSSR count). The number of carbonyl (C=O) groups is 1. The molecular formula is C11H13F3N2O. The topological polar surface area (TPSA) is 32.3 Å². The molecule has 94 valence electrons. The molecule has 0 aliphatic carbocycles. The van der Waals surface area contributed by atoms with Crippen LogP contribution in [0.1, 0.15) is 5.56 Å². The quantitative estimate of drug-likeness (QED) is 0.812. The minimum absolute atomic E-state index is 0.0225. The molecule has 3 nitrogen and oxygen atoms in total. The van der Waals surface area contributed by atoms with E-state index in [0.29, 0.717) is 0 Å². The lowest BCUT2D eigenvalue weighted by Crippen LogP contribution is -2.33. The maximum atomic E-state index is 12.9. The summed E-state index contributed by atoms with van der Waals surface area (Å²) in [5.41, 5.74) is 0.202. The average molecular weight is 246 g/mol. The molecule has 0 spiro atoms. The van der Waals surface area contributed by atoms with E-state index in [9.17, 15) is 18.0 Å². The first-order chi connectivity index (χ1) is 7.95. The van der Waals surface area contributed by atoms with Gasteiger partial charge in [-0.2, -0.15) is 0 Å². The Morgan fingerprint density at radius 3 is 2.29 bits per heavy atom. The highest BCUT2D eigenvalue weighted by Crippen LogP contribution is 2.14. The summed E-state index contributed by atoms with van der Waals surface area (Å²) in [5.74, 6) is -4.24. The van der Waals surface area contributed by atoms with Gasteiger partial charge in [0.25, 0.3) is 0 Å². The molecule has 17 heavy (non-hydrogen) atoms. The van der Waals surface area contributed by atoms with Gasteiger partial charge in [-0.25, -0.2) is 13.2 Å². The normalized spacial score (nSPS) is 10.4. The third kappa shape index (κ3) is 3.45. The standard InChI is InChI=1S/C11H13F3N2O/c1-15-5-10(17)16(2)6-7-3-8(12)11(14)9(13)4-7/h3-4,15H,5-6H2,1-2H3. The van der Waals surface area contributed by atoms with E-state index in [0.717, 1.165) is 12.1 Å². The monoisotopic (exact) mass is 246 g/mol. The van der Waals surface area contributed by atoms with Crippen LogP contribution in [0.3, 0.4) is 0 Å². The van der Waals surface area contributed by atoms with Crippen LogP contribution in [-0.2, 0) is 11.3 Å². The molecule has 0 radical (unpaired) electrons. The lowest BCUT2D eigenvalue weighted by molar-refractivity contribution is -0.129. The number of likely N-dealkylation sites (N-methyl/N-ethyl adjacent to an activating group) is 2. The molecule has 1 aromatic rings. The molecular weight excluding hydrogens is 233 g/mol. The van der Waals surface area contributed by atoms with Crippen molar-refractivity contribution in [3.63, 3.8) is 0 Å². The number of nitrogens with one attached hydrogen (secondary N) is 1. The van der Waals surface area contributed by atoms with Gasteiger partial charge in [-0.05, 0) is 24.7 Å². The SMILES string of the molecule is CNCC(=O)N(C)Cc1cc(F)c(F)c(F)c1. The van der Waals surface area contributed by atoms with E-state index in [1.807, 2.05) is 0 Å². The first-order valence-corrected chi connectivity index (χ1v) is 4.97. The summed E-state index contributed by atoms with van der Waals surface area (Å²) in [6, 6.07) is 1.75. The number of carbonyl (C=O) groups excluding carboxylic acids is 1. The molecule has 1 aromatic carbocycles. The second kappa shape index (κ2) is 5.67. The van der Waals surface area contributed by atoms with Crippen molar-refractivity contribution in [2.75, 3.05) is 20.6 Å². The second-order valence-corrected chi connectivity index (χ2v) is 3.65. The predicted octanol–water partition coefficient (Wildman–Crippen LogP) is 1.28. The van der Waals surface area contributed by atoms with E-state index in [-0.39, 0.29) is 24.6 Å². The van der Waals surface area contributed by atoms with Gasteiger partial charge in [-0.15, -0.1) is 0 Å². The van der Waals surface area contributed by atoms with Gasteiger partial charge in [-0.3, -0.25) is 4.79 Å². The van der Waals surface area contributed by atoms with Gasteiger partial charge in [0.05, 0.1) is 6.54 Å². The summed E-state index contributed by atoms with van der Waals surface area (Å²) < 4.78 is 38.5. The van der Waals surface area contributed by atoms with E-state index in [2.05, 4.69) is 5.32 Å². The van der Waals surface area contributed by atoms with Crippen LogP contribution in [0.4, 0.5) is 13.2 Å². The van der Waals surface area contributed by atoms with Crippen LogP contribution in [-0.4, -0.2) is 31.4 Å². The van der Waals surface area contributed by atoms with E-state index >= 15 is 0 Å². The van der Waals surface area contributed by atoms with Crippen LogP contribution in [0.2, 0.25) is 0 Å². The Labute approximate surface area is 97.2 Å². The first kappa shape index (κ1) is 13.5. The number of nitrogens with zero attached hydrogens (tertiary/aromatic N) is 1. The van der Waals surface area contributed by atoms with Gasteiger partial charge >= 0.3 is 0 Å². The minimum atomic E-state index is -1.50. The Bertz CT molecular complexity index is 400. The molecule has 0 saturated carbocycles. The van der Waals surface area contributed by atoms with Crippen LogP contribution in [0, 0.1) is 17.5 Å².